The van der Waals surface area contributed by atoms with E-state index in [2.05, 4.69) is 0 Å². The van der Waals surface area contributed by atoms with Crippen LogP contribution in [-0.2, 0) is 9.53 Å². The lowest BCUT2D eigenvalue weighted by atomic mass is 9.86. The van der Waals surface area contributed by atoms with Gasteiger partial charge in [-0.2, -0.15) is 0 Å². The first-order valence-corrected chi connectivity index (χ1v) is 4.49. The molecule has 3 unspecified atom stereocenters. The zero-order chi connectivity index (χ0) is 11.5. The van der Waals surface area contributed by atoms with Crippen LogP contribution < -0.4 is 0 Å². The summed E-state index contributed by atoms with van der Waals surface area (Å²) in [5.41, 5.74) is -1.66. The summed E-state index contributed by atoms with van der Waals surface area (Å²) in [6.07, 6.45) is -3.48. The van der Waals surface area contributed by atoms with Gasteiger partial charge >= 0.3 is 5.97 Å². The van der Waals surface area contributed by atoms with E-state index in [-0.39, 0.29) is 0 Å². The van der Waals surface area contributed by atoms with E-state index in [1.807, 2.05) is 0 Å². The molecule has 0 aliphatic heterocycles. The van der Waals surface area contributed by atoms with Gasteiger partial charge in [0.05, 0.1) is 18.3 Å². The maximum atomic E-state index is 10.8. The fourth-order valence-electron chi connectivity index (χ4n) is 1.55. The number of aliphatic hydroxyl groups excluding tert-OH is 3. The zero-order valence-corrected chi connectivity index (χ0v) is 8.89. The van der Waals surface area contributed by atoms with Crippen molar-refractivity contribution in [2.24, 2.45) is 0 Å². The van der Waals surface area contributed by atoms with E-state index < -0.39 is 29.9 Å². The van der Waals surface area contributed by atoms with Crippen molar-refractivity contribution in [3.05, 3.63) is 0 Å². The van der Waals surface area contributed by atoms with E-state index in [9.17, 15) is 20.1 Å². The Bertz CT molecular complexity index is 176. The summed E-state index contributed by atoms with van der Waals surface area (Å²) in [5.74, 6) is -0.660. The molecular formula is C9H18O5. The minimum Gasteiger partial charge on any atom is -0.451 e. The van der Waals surface area contributed by atoms with Crippen LogP contribution in [0.5, 0.6) is 0 Å². The van der Waals surface area contributed by atoms with Gasteiger partial charge in [-0.1, -0.05) is 0 Å². The zero-order valence-electron chi connectivity index (χ0n) is 8.89. The van der Waals surface area contributed by atoms with Crippen LogP contribution >= 0.6 is 0 Å². The SMILES string of the molecule is CC(=O)OC(C(C)O)(C(C)O)C(C)O. The molecule has 0 amide bonds. The highest BCUT2D eigenvalue weighted by atomic mass is 16.6. The Morgan fingerprint density at radius 3 is 1.43 bits per heavy atom. The van der Waals surface area contributed by atoms with Crippen molar-refractivity contribution in [3.63, 3.8) is 0 Å². The summed E-state index contributed by atoms with van der Waals surface area (Å²) in [7, 11) is 0. The van der Waals surface area contributed by atoms with Gasteiger partial charge in [0.2, 0.25) is 0 Å². The van der Waals surface area contributed by atoms with Crippen molar-refractivity contribution in [3.8, 4) is 0 Å². The average molecular weight is 206 g/mol. The number of hydrogen-bond donors (Lipinski definition) is 3. The summed E-state index contributed by atoms with van der Waals surface area (Å²) in [6, 6.07) is 0. The Morgan fingerprint density at radius 2 is 1.36 bits per heavy atom. The van der Waals surface area contributed by atoms with Gasteiger partial charge in [-0.3, -0.25) is 4.79 Å². The van der Waals surface area contributed by atoms with Crippen LogP contribution in [-0.4, -0.2) is 45.2 Å². The second-order valence-electron chi connectivity index (χ2n) is 3.48. The molecule has 0 spiro atoms. The first-order valence-electron chi connectivity index (χ1n) is 4.49. The van der Waals surface area contributed by atoms with Crippen LogP contribution in [0, 0.1) is 0 Å². The van der Waals surface area contributed by atoms with Crippen LogP contribution in [0.3, 0.4) is 0 Å². The van der Waals surface area contributed by atoms with E-state index in [0.717, 1.165) is 6.92 Å². The van der Waals surface area contributed by atoms with Crippen molar-refractivity contribution < 1.29 is 24.9 Å². The van der Waals surface area contributed by atoms with E-state index in [4.69, 9.17) is 4.74 Å². The monoisotopic (exact) mass is 206 g/mol. The second kappa shape index (κ2) is 4.72. The lowest BCUT2D eigenvalue weighted by Crippen LogP contribution is -2.60. The van der Waals surface area contributed by atoms with Crippen molar-refractivity contribution in [2.45, 2.75) is 51.6 Å². The molecule has 0 aromatic heterocycles. The van der Waals surface area contributed by atoms with E-state index in [1.165, 1.54) is 20.8 Å². The first kappa shape index (κ1) is 13.4. The highest BCUT2D eigenvalue weighted by Gasteiger charge is 2.48. The molecule has 3 N–H and O–H groups in total. The summed E-state index contributed by atoms with van der Waals surface area (Å²) >= 11 is 0. The molecule has 0 aromatic carbocycles. The molecule has 0 aliphatic rings. The number of rotatable bonds is 4. The van der Waals surface area contributed by atoms with Crippen LogP contribution in [0.2, 0.25) is 0 Å². The molecule has 0 fully saturated rings. The molecule has 0 saturated carbocycles. The molecule has 0 aliphatic carbocycles. The van der Waals surface area contributed by atoms with Crippen LogP contribution in [0.1, 0.15) is 27.7 Å². The maximum absolute atomic E-state index is 10.8. The lowest BCUT2D eigenvalue weighted by molar-refractivity contribution is -0.217. The van der Waals surface area contributed by atoms with Gasteiger partial charge in [-0.15, -0.1) is 0 Å². The Kier molecular flexibility index (Phi) is 4.51. The molecule has 0 rings (SSSR count). The molecular weight excluding hydrogens is 188 g/mol. The Morgan fingerprint density at radius 1 is 1.07 bits per heavy atom. The van der Waals surface area contributed by atoms with E-state index >= 15 is 0 Å². The first-order chi connectivity index (χ1) is 6.25. The van der Waals surface area contributed by atoms with Crippen molar-refractivity contribution in [2.75, 3.05) is 0 Å². The van der Waals surface area contributed by atoms with E-state index in [0.29, 0.717) is 0 Å². The summed E-state index contributed by atoms with van der Waals surface area (Å²) < 4.78 is 4.83. The summed E-state index contributed by atoms with van der Waals surface area (Å²) in [5, 5.41) is 28.4. The van der Waals surface area contributed by atoms with Gasteiger partial charge in [0, 0.05) is 6.92 Å². The predicted octanol–water partition coefficient (Wildman–Crippen LogP) is -0.569. The van der Waals surface area contributed by atoms with Crippen molar-refractivity contribution >= 4 is 5.97 Å². The molecule has 0 bridgehead atoms. The predicted molar refractivity (Wildman–Crippen MR) is 49.5 cm³/mol. The second-order valence-corrected chi connectivity index (χ2v) is 3.48. The normalized spacial score (nSPS) is 21.9. The smallest absolute Gasteiger partial charge is 0.303 e. The summed E-state index contributed by atoms with van der Waals surface area (Å²) in [4.78, 5) is 10.8. The molecule has 0 saturated heterocycles. The van der Waals surface area contributed by atoms with Gasteiger partial charge in [0.25, 0.3) is 0 Å². The van der Waals surface area contributed by atoms with Crippen molar-refractivity contribution in [1.29, 1.82) is 0 Å². The average Bonchev–Trinajstić information content (AvgIpc) is 1.97. The van der Waals surface area contributed by atoms with Gasteiger partial charge in [0.1, 0.15) is 0 Å². The van der Waals surface area contributed by atoms with Crippen LogP contribution in [0.15, 0.2) is 0 Å². The minimum absolute atomic E-state index is 0.660. The molecule has 0 aromatic rings. The standard InChI is InChI=1S/C9H18O5/c1-5(10)9(6(2)11,7(3)12)14-8(4)13/h5-7,10-12H,1-4H3. The largest absolute Gasteiger partial charge is 0.451 e. The third-order valence-corrected chi connectivity index (χ3v) is 2.28. The molecule has 5 heteroatoms. The number of esters is 1. The van der Waals surface area contributed by atoms with Crippen molar-refractivity contribution in [1.82, 2.24) is 0 Å². The fraction of sp³-hybridized carbons (Fsp3) is 0.889. The number of hydrogen-bond acceptors (Lipinski definition) is 5. The molecule has 5 nitrogen and oxygen atoms in total. The highest BCUT2D eigenvalue weighted by Crippen LogP contribution is 2.26. The Hall–Kier alpha value is -0.650. The molecule has 14 heavy (non-hydrogen) atoms. The highest BCUT2D eigenvalue weighted by molar-refractivity contribution is 5.66. The topological polar surface area (TPSA) is 87.0 Å². The summed E-state index contributed by atoms with van der Waals surface area (Å²) in [6.45, 7) is 5.20. The van der Waals surface area contributed by atoms with Crippen LogP contribution in [0.4, 0.5) is 0 Å². The maximum Gasteiger partial charge on any atom is 0.303 e. The number of carbonyl (C=O) groups is 1. The number of aliphatic hydroxyl groups is 3. The third kappa shape index (κ3) is 2.43. The van der Waals surface area contributed by atoms with Gasteiger partial charge < -0.3 is 20.1 Å². The molecule has 84 valence electrons. The Labute approximate surface area is 83.3 Å². The molecule has 0 heterocycles. The molecule has 0 radical (unpaired) electrons. The number of carbonyl (C=O) groups excluding carboxylic acids is 1. The van der Waals surface area contributed by atoms with Gasteiger partial charge in [-0.25, -0.2) is 0 Å². The Balaban J connectivity index is 5.05. The van der Waals surface area contributed by atoms with Crippen LogP contribution in [0.25, 0.3) is 0 Å². The number of ether oxygens (including phenoxy) is 1. The third-order valence-electron chi connectivity index (χ3n) is 2.28. The fourth-order valence-corrected chi connectivity index (χ4v) is 1.55. The quantitative estimate of drug-likeness (QED) is 0.536. The minimum atomic E-state index is -1.66. The lowest BCUT2D eigenvalue weighted by Gasteiger charge is -2.40. The van der Waals surface area contributed by atoms with Gasteiger partial charge in [0.15, 0.2) is 5.60 Å². The van der Waals surface area contributed by atoms with Gasteiger partial charge in [-0.05, 0) is 20.8 Å². The molecule has 3 atom stereocenters. The van der Waals surface area contributed by atoms with E-state index in [1.54, 1.807) is 0 Å².